The minimum atomic E-state index is 0.0687. The lowest BCUT2D eigenvalue weighted by molar-refractivity contribution is -0.126. The maximum absolute atomic E-state index is 11.7. The monoisotopic (exact) mass is 200 g/mol. The molecule has 0 amide bonds. The van der Waals surface area contributed by atoms with Gasteiger partial charge in [-0.1, -0.05) is 13.8 Å². The summed E-state index contributed by atoms with van der Waals surface area (Å²) in [5.41, 5.74) is 0. The number of Topliss-reactive ketones (excluding diaryl/α,β-unsaturated/α-hetero) is 1. The van der Waals surface area contributed by atoms with Gasteiger partial charge in [0.25, 0.3) is 0 Å². The van der Waals surface area contributed by atoms with Crippen LogP contribution in [0.2, 0.25) is 0 Å². The van der Waals surface area contributed by atoms with Crippen molar-refractivity contribution in [3.8, 4) is 0 Å². The zero-order valence-electron chi connectivity index (χ0n) is 9.03. The van der Waals surface area contributed by atoms with Crippen LogP contribution in [-0.4, -0.2) is 30.2 Å². The predicted molar refractivity (Wildman–Crippen MR) is 54.0 cm³/mol. The molecule has 3 nitrogen and oxygen atoms in total. The zero-order chi connectivity index (χ0) is 10.6. The molecule has 1 aliphatic carbocycles. The van der Waals surface area contributed by atoms with Crippen LogP contribution in [0.4, 0.5) is 0 Å². The average Bonchev–Trinajstić information content (AvgIpc) is 2.61. The molecule has 14 heavy (non-hydrogen) atoms. The lowest BCUT2D eigenvalue weighted by Gasteiger charge is -2.12. The average molecular weight is 200 g/mol. The van der Waals surface area contributed by atoms with Gasteiger partial charge < -0.3 is 9.84 Å². The summed E-state index contributed by atoms with van der Waals surface area (Å²) in [6.45, 7) is 4.36. The van der Waals surface area contributed by atoms with E-state index in [1.807, 2.05) is 13.8 Å². The summed E-state index contributed by atoms with van der Waals surface area (Å²) in [5, 5.41) is 8.60. The van der Waals surface area contributed by atoms with Gasteiger partial charge in [0, 0.05) is 11.8 Å². The van der Waals surface area contributed by atoms with E-state index in [-0.39, 0.29) is 24.5 Å². The van der Waals surface area contributed by atoms with Gasteiger partial charge in [-0.05, 0) is 19.3 Å². The highest BCUT2D eigenvalue weighted by atomic mass is 16.5. The standard InChI is InChI=1S/C11H20O3/c1-8(2)11(13)9-3-4-10(7-9)14-6-5-12/h8-10,12H,3-7H2,1-2H3. The van der Waals surface area contributed by atoms with Crippen molar-refractivity contribution in [1.82, 2.24) is 0 Å². The summed E-state index contributed by atoms with van der Waals surface area (Å²) in [7, 11) is 0. The van der Waals surface area contributed by atoms with E-state index >= 15 is 0 Å². The van der Waals surface area contributed by atoms with Gasteiger partial charge in [0.15, 0.2) is 0 Å². The van der Waals surface area contributed by atoms with Gasteiger partial charge in [0.2, 0.25) is 0 Å². The van der Waals surface area contributed by atoms with Gasteiger partial charge in [-0.3, -0.25) is 4.79 Å². The van der Waals surface area contributed by atoms with Gasteiger partial charge in [-0.15, -0.1) is 0 Å². The van der Waals surface area contributed by atoms with Crippen molar-refractivity contribution < 1.29 is 14.6 Å². The summed E-state index contributed by atoms with van der Waals surface area (Å²) in [6, 6.07) is 0. The van der Waals surface area contributed by atoms with Gasteiger partial charge in [-0.25, -0.2) is 0 Å². The first kappa shape index (κ1) is 11.7. The Bertz CT molecular complexity index is 189. The number of hydrogen-bond donors (Lipinski definition) is 1. The molecule has 0 aromatic rings. The van der Waals surface area contributed by atoms with Crippen LogP contribution in [0, 0.1) is 11.8 Å². The first-order chi connectivity index (χ1) is 6.65. The number of carbonyl (C=O) groups excluding carboxylic acids is 1. The predicted octanol–water partition coefficient (Wildman–Crippen LogP) is 1.39. The summed E-state index contributed by atoms with van der Waals surface area (Å²) >= 11 is 0. The summed E-state index contributed by atoms with van der Waals surface area (Å²) in [5.74, 6) is 0.690. The fourth-order valence-electron chi connectivity index (χ4n) is 2.04. The van der Waals surface area contributed by atoms with Crippen molar-refractivity contribution in [2.24, 2.45) is 11.8 Å². The quantitative estimate of drug-likeness (QED) is 0.729. The van der Waals surface area contributed by atoms with E-state index in [0.29, 0.717) is 12.4 Å². The van der Waals surface area contributed by atoms with E-state index in [0.717, 1.165) is 19.3 Å². The van der Waals surface area contributed by atoms with Crippen molar-refractivity contribution in [3.05, 3.63) is 0 Å². The van der Waals surface area contributed by atoms with Crippen LogP contribution >= 0.6 is 0 Å². The molecule has 82 valence electrons. The molecule has 0 radical (unpaired) electrons. The highest BCUT2D eigenvalue weighted by molar-refractivity contribution is 5.83. The molecule has 1 rings (SSSR count). The van der Waals surface area contributed by atoms with E-state index < -0.39 is 0 Å². The van der Waals surface area contributed by atoms with Crippen molar-refractivity contribution in [2.75, 3.05) is 13.2 Å². The number of aliphatic hydroxyl groups is 1. The molecule has 0 spiro atoms. The van der Waals surface area contributed by atoms with E-state index in [4.69, 9.17) is 9.84 Å². The number of ether oxygens (including phenoxy) is 1. The van der Waals surface area contributed by atoms with Crippen LogP contribution in [0.5, 0.6) is 0 Å². The molecule has 0 aromatic heterocycles. The third-order valence-electron chi connectivity index (χ3n) is 2.80. The van der Waals surface area contributed by atoms with Crippen molar-refractivity contribution in [2.45, 2.75) is 39.2 Å². The summed E-state index contributed by atoms with van der Waals surface area (Å²) in [6.07, 6.45) is 2.95. The molecule has 1 N–H and O–H groups in total. The Morgan fingerprint density at radius 2 is 2.21 bits per heavy atom. The first-order valence-corrected chi connectivity index (χ1v) is 5.41. The SMILES string of the molecule is CC(C)C(=O)C1CCC(OCCO)C1. The Kier molecular flexibility index (Phi) is 4.55. The molecule has 1 saturated carbocycles. The zero-order valence-corrected chi connectivity index (χ0v) is 9.03. The largest absolute Gasteiger partial charge is 0.394 e. The smallest absolute Gasteiger partial charge is 0.138 e. The second-order valence-corrected chi connectivity index (χ2v) is 4.28. The Morgan fingerprint density at radius 1 is 1.50 bits per heavy atom. The number of aliphatic hydroxyl groups excluding tert-OH is 1. The fraction of sp³-hybridized carbons (Fsp3) is 0.909. The highest BCUT2D eigenvalue weighted by Gasteiger charge is 2.31. The van der Waals surface area contributed by atoms with E-state index in [2.05, 4.69) is 0 Å². The van der Waals surface area contributed by atoms with Crippen LogP contribution in [-0.2, 0) is 9.53 Å². The Balaban J connectivity index is 2.30. The minimum absolute atomic E-state index is 0.0687. The van der Waals surface area contributed by atoms with Crippen molar-refractivity contribution >= 4 is 5.78 Å². The van der Waals surface area contributed by atoms with Crippen LogP contribution in [0.15, 0.2) is 0 Å². The van der Waals surface area contributed by atoms with Crippen LogP contribution < -0.4 is 0 Å². The molecule has 3 heteroatoms. The number of ketones is 1. The summed E-state index contributed by atoms with van der Waals surface area (Å²) in [4.78, 5) is 11.7. The lowest BCUT2D eigenvalue weighted by atomic mass is 9.94. The topological polar surface area (TPSA) is 46.5 Å². The molecule has 2 atom stereocenters. The number of hydrogen-bond acceptors (Lipinski definition) is 3. The molecule has 0 heterocycles. The second-order valence-electron chi connectivity index (χ2n) is 4.28. The maximum Gasteiger partial charge on any atom is 0.138 e. The van der Waals surface area contributed by atoms with Crippen LogP contribution in [0.1, 0.15) is 33.1 Å². The normalized spacial score (nSPS) is 27.1. The molecular weight excluding hydrogens is 180 g/mol. The van der Waals surface area contributed by atoms with Crippen molar-refractivity contribution in [1.29, 1.82) is 0 Å². The molecule has 1 fully saturated rings. The molecule has 0 aliphatic heterocycles. The Morgan fingerprint density at radius 3 is 2.79 bits per heavy atom. The number of carbonyl (C=O) groups is 1. The lowest BCUT2D eigenvalue weighted by Crippen LogP contribution is -2.19. The second kappa shape index (κ2) is 5.47. The third kappa shape index (κ3) is 3.07. The van der Waals surface area contributed by atoms with Gasteiger partial charge >= 0.3 is 0 Å². The minimum Gasteiger partial charge on any atom is -0.394 e. The highest BCUT2D eigenvalue weighted by Crippen LogP contribution is 2.30. The van der Waals surface area contributed by atoms with Gasteiger partial charge in [0.1, 0.15) is 5.78 Å². The van der Waals surface area contributed by atoms with Crippen molar-refractivity contribution in [3.63, 3.8) is 0 Å². The molecule has 0 aromatic carbocycles. The molecule has 1 aliphatic rings. The van der Waals surface area contributed by atoms with E-state index in [9.17, 15) is 4.79 Å². The summed E-state index contributed by atoms with van der Waals surface area (Å²) < 4.78 is 5.41. The van der Waals surface area contributed by atoms with Gasteiger partial charge in [0.05, 0.1) is 19.3 Å². The third-order valence-corrected chi connectivity index (χ3v) is 2.80. The number of rotatable bonds is 5. The van der Waals surface area contributed by atoms with Crippen LogP contribution in [0.25, 0.3) is 0 Å². The Labute approximate surface area is 85.5 Å². The fourth-order valence-corrected chi connectivity index (χ4v) is 2.04. The molecule has 0 saturated heterocycles. The van der Waals surface area contributed by atoms with Gasteiger partial charge in [-0.2, -0.15) is 0 Å². The van der Waals surface area contributed by atoms with E-state index in [1.165, 1.54) is 0 Å². The maximum atomic E-state index is 11.7. The van der Waals surface area contributed by atoms with Crippen LogP contribution in [0.3, 0.4) is 0 Å². The first-order valence-electron chi connectivity index (χ1n) is 5.41. The molecule has 0 bridgehead atoms. The Hall–Kier alpha value is -0.410. The molecular formula is C11H20O3. The molecule has 2 unspecified atom stereocenters. The van der Waals surface area contributed by atoms with E-state index in [1.54, 1.807) is 0 Å².